The van der Waals surface area contributed by atoms with Gasteiger partial charge in [-0.15, -0.1) is 0 Å². The molecule has 4 heteroatoms. The number of benzene rings is 1. The first-order valence-electron chi connectivity index (χ1n) is 6.69. The van der Waals surface area contributed by atoms with Crippen molar-refractivity contribution in [3.8, 4) is 5.69 Å². The Morgan fingerprint density at radius 3 is 2.84 bits per heavy atom. The predicted molar refractivity (Wildman–Crippen MR) is 76.4 cm³/mol. The zero-order valence-corrected chi connectivity index (χ0v) is 11.8. The number of halogens is 2. The topological polar surface area (TPSA) is 17.8 Å². The van der Waals surface area contributed by atoms with Crippen molar-refractivity contribution in [2.45, 2.75) is 39.0 Å². The lowest BCUT2D eigenvalue weighted by molar-refractivity contribution is 0.627. The van der Waals surface area contributed by atoms with E-state index in [9.17, 15) is 4.39 Å². The molecule has 102 valence electrons. The van der Waals surface area contributed by atoms with E-state index in [4.69, 9.17) is 11.6 Å². The Kier molecular flexibility index (Phi) is 4.97. The minimum absolute atomic E-state index is 0.321. The van der Waals surface area contributed by atoms with E-state index in [1.807, 2.05) is 10.8 Å². The van der Waals surface area contributed by atoms with Crippen LogP contribution in [-0.2, 0) is 6.42 Å². The lowest BCUT2D eigenvalue weighted by Gasteiger charge is -2.10. The van der Waals surface area contributed by atoms with E-state index in [1.165, 1.54) is 31.4 Å². The van der Waals surface area contributed by atoms with Crippen molar-refractivity contribution in [3.63, 3.8) is 0 Å². The summed E-state index contributed by atoms with van der Waals surface area (Å²) in [4.78, 5) is 4.17. The average molecular weight is 281 g/mol. The molecule has 1 aromatic heterocycles. The molecule has 2 nitrogen and oxygen atoms in total. The van der Waals surface area contributed by atoms with Gasteiger partial charge in [-0.3, -0.25) is 0 Å². The number of hydrogen-bond acceptors (Lipinski definition) is 1. The summed E-state index contributed by atoms with van der Waals surface area (Å²) >= 11 is 6.09. The highest BCUT2D eigenvalue weighted by Crippen LogP contribution is 2.23. The molecule has 19 heavy (non-hydrogen) atoms. The lowest BCUT2D eigenvalue weighted by Crippen LogP contribution is -2.00. The highest BCUT2D eigenvalue weighted by atomic mass is 35.5. The van der Waals surface area contributed by atoms with Crippen LogP contribution in [0.3, 0.4) is 0 Å². The summed E-state index contributed by atoms with van der Waals surface area (Å²) in [5, 5.41) is 0.410. The van der Waals surface area contributed by atoms with Crippen molar-refractivity contribution in [1.82, 2.24) is 9.55 Å². The van der Waals surface area contributed by atoms with Gasteiger partial charge < -0.3 is 4.57 Å². The lowest BCUT2D eigenvalue weighted by atomic mass is 10.1. The minimum atomic E-state index is -0.321. The summed E-state index contributed by atoms with van der Waals surface area (Å²) in [6.45, 7) is 2.20. The van der Waals surface area contributed by atoms with Gasteiger partial charge in [-0.2, -0.15) is 0 Å². The molecule has 0 saturated carbocycles. The Balaban J connectivity index is 2.14. The van der Waals surface area contributed by atoms with Crippen LogP contribution in [0.25, 0.3) is 5.69 Å². The summed E-state index contributed by atoms with van der Waals surface area (Å²) in [7, 11) is 0. The zero-order chi connectivity index (χ0) is 13.7. The molecule has 0 aliphatic heterocycles. The molecule has 0 aliphatic rings. The standard InChI is InChI=1S/C15H18ClFN2/c1-2-3-4-5-6-13-10-18-11-19(13)15-8-7-12(17)9-14(15)16/h7-11H,2-6H2,1H3. The van der Waals surface area contributed by atoms with E-state index < -0.39 is 0 Å². The average Bonchev–Trinajstić information content (AvgIpc) is 2.83. The van der Waals surface area contributed by atoms with E-state index in [1.54, 1.807) is 12.4 Å². The molecule has 0 spiro atoms. The molecule has 0 N–H and O–H groups in total. The van der Waals surface area contributed by atoms with Crippen molar-refractivity contribution in [1.29, 1.82) is 0 Å². The molecule has 0 radical (unpaired) electrons. The summed E-state index contributed by atoms with van der Waals surface area (Å²) in [6.07, 6.45) is 9.39. The van der Waals surface area contributed by atoms with Gasteiger partial charge in [-0.25, -0.2) is 9.37 Å². The summed E-state index contributed by atoms with van der Waals surface area (Å²) < 4.78 is 15.0. The molecule has 0 amide bonds. The number of aromatic nitrogens is 2. The van der Waals surface area contributed by atoms with Crippen LogP contribution in [0.15, 0.2) is 30.7 Å². The summed E-state index contributed by atoms with van der Waals surface area (Å²) in [5.41, 5.74) is 1.90. The molecular weight excluding hydrogens is 263 g/mol. The van der Waals surface area contributed by atoms with E-state index in [2.05, 4.69) is 11.9 Å². The second-order valence-corrected chi connectivity index (χ2v) is 5.07. The first kappa shape index (κ1) is 14.1. The molecule has 0 aliphatic carbocycles. The maximum Gasteiger partial charge on any atom is 0.124 e. The highest BCUT2D eigenvalue weighted by Gasteiger charge is 2.08. The van der Waals surface area contributed by atoms with Crippen molar-refractivity contribution in [2.24, 2.45) is 0 Å². The van der Waals surface area contributed by atoms with E-state index in [0.717, 1.165) is 24.2 Å². The second-order valence-electron chi connectivity index (χ2n) is 4.66. The maximum absolute atomic E-state index is 13.1. The van der Waals surface area contributed by atoms with E-state index in [-0.39, 0.29) is 5.82 Å². The van der Waals surface area contributed by atoms with Gasteiger partial charge >= 0.3 is 0 Å². The quantitative estimate of drug-likeness (QED) is 0.696. The Hall–Kier alpha value is -1.35. The second kappa shape index (κ2) is 6.71. The summed E-state index contributed by atoms with van der Waals surface area (Å²) in [6, 6.07) is 4.44. The van der Waals surface area contributed by atoms with Gasteiger partial charge in [0.05, 0.1) is 17.0 Å². The third-order valence-electron chi connectivity index (χ3n) is 3.17. The Labute approximate surface area is 118 Å². The molecule has 0 bridgehead atoms. The number of hydrogen-bond donors (Lipinski definition) is 0. The number of rotatable bonds is 6. The van der Waals surface area contributed by atoms with Crippen LogP contribution in [-0.4, -0.2) is 9.55 Å². The Morgan fingerprint density at radius 2 is 2.11 bits per heavy atom. The van der Waals surface area contributed by atoms with Gasteiger partial charge in [-0.1, -0.05) is 37.8 Å². The predicted octanol–water partition coefficient (Wildman–Crippen LogP) is 4.79. The fraction of sp³-hybridized carbons (Fsp3) is 0.400. The van der Waals surface area contributed by atoms with Crippen LogP contribution >= 0.6 is 11.6 Å². The summed E-state index contributed by atoms with van der Waals surface area (Å²) in [5.74, 6) is -0.321. The molecule has 2 rings (SSSR count). The fourth-order valence-electron chi connectivity index (χ4n) is 2.13. The Morgan fingerprint density at radius 1 is 1.26 bits per heavy atom. The number of nitrogens with zero attached hydrogens (tertiary/aromatic N) is 2. The molecule has 2 aromatic rings. The van der Waals surface area contributed by atoms with Gasteiger partial charge in [-0.05, 0) is 31.0 Å². The zero-order valence-electron chi connectivity index (χ0n) is 11.1. The third-order valence-corrected chi connectivity index (χ3v) is 3.47. The Bertz CT molecular complexity index is 537. The van der Waals surface area contributed by atoms with E-state index in [0.29, 0.717) is 5.02 Å². The van der Waals surface area contributed by atoms with Crippen LogP contribution in [0.5, 0.6) is 0 Å². The molecule has 1 aromatic carbocycles. The van der Waals surface area contributed by atoms with Gasteiger partial charge in [0.2, 0.25) is 0 Å². The van der Waals surface area contributed by atoms with Crippen LogP contribution < -0.4 is 0 Å². The fourth-order valence-corrected chi connectivity index (χ4v) is 2.39. The number of imidazole rings is 1. The molecular formula is C15H18ClFN2. The van der Waals surface area contributed by atoms with Crippen LogP contribution in [0.2, 0.25) is 5.02 Å². The molecule has 0 fully saturated rings. The van der Waals surface area contributed by atoms with E-state index >= 15 is 0 Å². The van der Waals surface area contributed by atoms with Gasteiger partial charge in [0, 0.05) is 11.9 Å². The van der Waals surface area contributed by atoms with Crippen molar-refractivity contribution < 1.29 is 4.39 Å². The molecule has 0 saturated heterocycles. The van der Waals surface area contributed by atoms with Gasteiger partial charge in [0.15, 0.2) is 0 Å². The van der Waals surface area contributed by atoms with Gasteiger partial charge in [0.25, 0.3) is 0 Å². The monoisotopic (exact) mass is 280 g/mol. The molecule has 0 atom stereocenters. The van der Waals surface area contributed by atoms with Crippen LogP contribution in [0.4, 0.5) is 4.39 Å². The third kappa shape index (κ3) is 3.57. The van der Waals surface area contributed by atoms with Crippen LogP contribution in [0, 0.1) is 5.82 Å². The normalized spacial score (nSPS) is 10.9. The first-order valence-corrected chi connectivity index (χ1v) is 7.07. The number of unbranched alkanes of at least 4 members (excludes halogenated alkanes) is 3. The highest BCUT2D eigenvalue weighted by molar-refractivity contribution is 6.32. The minimum Gasteiger partial charge on any atom is -0.302 e. The smallest absolute Gasteiger partial charge is 0.124 e. The number of aryl methyl sites for hydroxylation is 1. The van der Waals surface area contributed by atoms with Gasteiger partial charge in [0.1, 0.15) is 5.82 Å². The maximum atomic E-state index is 13.1. The first-order chi connectivity index (χ1) is 9.22. The van der Waals surface area contributed by atoms with Crippen molar-refractivity contribution in [2.75, 3.05) is 0 Å². The van der Waals surface area contributed by atoms with Crippen LogP contribution in [0.1, 0.15) is 38.3 Å². The largest absolute Gasteiger partial charge is 0.302 e. The van der Waals surface area contributed by atoms with Crippen molar-refractivity contribution in [3.05, 3.63) is 47.3 Å². The molecule has 0 unspecified atom stereocenters. The van der Waals surface area contributed by atoms with Crippen molar-refractivity contribution >= 4 is 11.6 Å². The SMILES string of the molecule is CCCCCCc1cncn1-c1ccc(F)cc1Cl. The molecule has 1 heterocycles.